The van der Waals surface area contributed by atoms with E-state index in [1.165, 1.54) is 31.1 Å². The molecular weight excluding hydrogens is 267 g/mol. The van der Waals surface area contributed by atoms with E-state index in [1.54, 1.807) is 0 Å². The summed E-state index contributed by atoms with van der Waals surface area (Å²) in [5.74, 6) is -2.07. The maximum absolute atomic E-state index is 12.7. The zero-order chi connectivity index (χ0) is 15.1. The van der Waals surface area contributed by atoms with Gasteiger partial charge >= 0.3 is 5.97 Å². The van der Waals surface area contributed by atoms with Gasteiger partial charge in [0, 0.05) is 19.7 Å². The van der Waals surface area contributed by atoms with Crippen LogP contribution in [0.4, 0.5) is 4.39 Å². The van der Waals surface area contributed by atoms with Gasteiger partial charge in [-0.3, -0.25) is 14.4 Å². The van der Waals surface area contributed by atoms with Crippen LogP contribution in [0.2, 0.25) is 0 Å². The quantitative estimate of drug-likeness (QED) is 0.782. The second-order valence-electron chi connectivity index (χ2n) is 4.14. The molecule has 0 fully saturated rings. The second kappa shape index (κ2) is 7.22. The number of carbonyl (C=O) groups excluding carboxylic acids is 3. The average molecular weight is 282 g/mol. The van der Waals surface area contributed by atoms with Gasteiger partial charge in [0.15, 0.2) is 6.61 Å². The summed E-state index contributed by atoms with van der Waals surface area (Å²) in [7, 11) is 3.07. The Morgan fingerprint density at radius 3 is 2.35 bits per heavy atom. The predicted octanol–water partition coefficient (Wildman–Crippen LogP) is 0.187. The number of amides is 2. The van der Waals surface area contributed by atoms with Crippen LogP contribution in [-0.2, 0) is 14.3 Å². The number of esters is 1. The highest BCUT2D eigenvalue weighted by atomic mass is 19.1. The molecule has 0 aliphatic rings. The van der Waals surface area contributed by atoms with E-state index in [9.17, 15) is 18.8 Å². The molecule has 0 heterocycles. The van der Waals surface area contributed by atoms with E-state index in [0.717, 1.165) is 12.1 Å². The Morgan fingerprint density at radius 2 is 1.80 bits per heavy atom. The predicted molar refractivity (Wildman–Crippen MR) is 68.4 cm³/mol. The fourth-order valence-electron chi connectivity index (χ4n) is 1.18. The molecule has 0 atom stereocenters. The van der Waals surface area contributed by atoms with Crippen molar-refractivity contribution in [1.82, 2.24) is 10.2 Å². The molecule has 0 saturated heterocycles. The van der Waals surface area contributed by atoms with Gasteiger partial charge in [-0.2, -0.15) is 0 Å². The Balaban J connectivity index is 2.35. The third kappa shape index (κ3) is 5.05. The molecule has 1 rings (SSSR count). The van der Waals surface area contributed by atoms with Gasteiger partial charge in [0.2, 0.25) is 0 Å². The number of hydrogen-bond donors (Lipinski definition) is 1. The monoisotopic (exact) mass is 282 g/mol. The van der Waals surface area contributed by atoms with Gasteiger partial charge in [-0.05, 0) is 24.3 Å². The van der Waals surface area contributed by atoms with E-state index in [2.05, 4.69) is 10.1 Å². The molecule has 1 aromatic carbocycles. The minimum Gasteiger partial charge on any atom is -0.454 e. The fraction of sp³-hybridized carbons (Fsp3) is 0.308. The van der Waals surface area contributed by atoms with Crippen molar-refractivity contribution in [1.29, 1.82) is 0 Å². The molecular formula is C13H15FN2O4. The van der Waals surface area contributed by atoms with Crippen molar-refractivity contribution in [2.45, 2.75) is 0 Å². The third-order valence-corrected chi connectivity index (χ3v) is 2.36. The molecule has 1 N–H and O–H groups in total. The lowest BCUT2D eigenvalue weighted by atomic mass is 10.2. The van der Waals surface area contributed by atoms with Gasteiger partial charge in [0.05, 0.1) is 0 Å². The Bertz CT molecular complexity index is 500. The number of ether oxygens (including phenoxy) is 1. The van der Waals surface area contributed by atoms with Gasteiger partial charge in [-0.25, -0.2) is 4.39 Å². The van der Waals surface area contributed by atoms with Crippen molar-refractivity contribution in [3.63, 3.8) is 0 Å². The van der Waals surface area contributed by atoms with Crippen LogP contribution in [0.1, 0.15) is 10.4 Å². The molecule has 6 nitrogen and oxygen atoms in total. The van der Waals surface area contributed by atoms with E-state index in [4.69, 9.17) is 0 Å². The van der Waals surface area contributed by atoms with Crippen LogP contribution in [-0.4, -0.2) is 49.9 Å². The number of carbonyl (C=O) groups is 3. The summed E-state index contributed by atoms with van der Waals surface area (Å²) in [6, 6.07) is 4.88. The first-order valence-electron chi connectivity index (χ1n) is 5.79. The number of hydrogen-bond acceptors (Lipinski definition) is 4. The summed E-state index contributed by atoms with van der Waals surface area (Å²) in [4.78, 5) is 35.3. The summed E-state index contributed by atoms with van der Waals surface area (Å²) in [6.07, 6.45) is 0. The Kier molecular flexibility index (Phi) is 5.64. The van der Waals surface area contributed by atoms with Crippen molar-refractivity contribution in [2.75, 3.05) is 27.2 Å². The van der Waals surface area contributed by atoms with Gasteiger partial charge in [0.1, 0.15) is 12.4 Å². The largest absolute Gasteiger partial charge is 0.454 e. The molecule has 2 amide bonds. The lowest BCUT2D eigenvalue weighted by molar-refractivity contribution is -0.150. The number of halogens is 1. The number of nitrogens with zero attached hydrogens (tertiary/aromatic N) is 1. The van der Waals surface area contributed by atoms with E-state index >= 15 is 0 Å². The molecule has 0 spiro atoms. The first-order chi connectivity index (χ1) is 9.40. The Hall–Kier alpha value is -2.44. The zero-order valence-electron chi connectivity index (χ0n) is 11.2. The molecule has 0 aromatic heterocycles. The van der Waals surface area contributed by atoms with Gasteiger partial charge in [-0.15, -0.1) is 0 Å². The van der Waals surface area contributed by atoms with Gasteiger partial charge in [-0.1, -0.05) is 0 Å². The van der Waals surface area contributed by atoms with E-state index in [1.807, 2.05) is 0 Å². The number of nitrogens with one attached hydrogen (secondary N) is 1. The molecule has 0 saturated carbocycles. The number of benzene rings is 1. The Labute approximate surface area is 115 Å². The summed E-state index contributed by atoms with van der Waals surface area (Å²) in [5, 5.41) is 2.31. The smallest absolute Gasteiger partial charge is 0.325 e. The minimum atomic E-state index is -0.726. The summed E-state index contributed by atoms with van der Waals surface area (Å²) >= 11 is 0. The van der Waals surface area contributed by atoms with Gasteiger partial charge < -0.3 is 15.0 Å². The average Bonchev–Trinajstić information content (AvgIpc) is 2.42. The number of rotatable bonds is 5. The van der Waals surface area contributed by atoms with E-state index < -0.39 is 17.7 Å². The highest BCUT2D eigenvalue weighted by molar-refractivity contribution is 5.96. The lowest BCUT2D eigenvalue weighted by Crippen LogP contribution is -2.33. The second-order valence-corrected chi connectivity index (χ2v) is 4.14. The first-order valence-corrected chi connectivity index (χ1v) is 5.79. The molecule has 1 aromatic rings. The number of likely N-dealkylation sites (N-methyl/N-ethyl adjacent to an activating group) is 1. The van der Waals surface area contributed by atoms with Crippen molar-refractivity contribution in [3.05, 3.63) is 35.6 Å². The summed E-state index contributed by atoms with van der Waals surface area (Å²) in [6.45, 7) is -0.741. The lowest BCUT2D eigenvalue weighted by Gasteiger charge is -2.10. The molecule has 0 aliphatic carbocycles. The molecule has 0 unspecified atom stereocenters. The highest BCUT2D eigenvalue weighted by Crippen LogP contribution is 2.02. The van der Waals surface area contributed by atoms with Crippen LogP contribution < -0.4 is 5.32 Å². The van der Waals surface area contributed by atoms with Gasteiger partial charge in [0.25, 0.3) is 11.8 Å². The van der Waals surface area contributed by atoms with E-state index in [-0.39, 0.29) is 24.6 Å². The summed E-state index contributed by atoms with van der Waals surface area (Å²) in [5.41, 5.74) is 0.226. The topological polar surface area (TPSA) is 75.7 Å². The molecule has 7 heteroatoms. The van der Waals surface area contributed by atoms with Crippen molar-refractivity contribution >= 4 is 17.8 Å². The minimum absolute atomic E-state index is 0.226. The fourth-order valence-corrected chi connectivity index (χ4v) is 1.18. The maximum atomic E-state index is 12.7. The van der Waals surface area contributed by atoms with Crippen molar-refractivity contribution in [3.8, 4) is 0 Å². The highest BCUT2D eigenvalue weighted by Gasteiger charge is 2.11. The van der Waals surface area contributed by atoms with Crippen molar-refractivity contribution in [2.24, 2.45) is 0 Å². The Morgan fingerprint density at radius 1 is 1.20 bits per heavy atom. The zero-order valence-corrected chi connectivity index (χ0v) is 11.2. The molecule has 108 valence electrons. The van der Waals surface area contributed by atoms with Crippen LogP contribution in [0, 0.1) is 5.82 Å². The maximum Gasteiger partial charge on any atom is 0.325 e. The van der Waals surface area contributed by atoms with Crippen molar-refractivity contribution < 1.29 is 23.5 Å². The molecule has 20 heavy (non-hydrogen) atoms. The molecule has 0 aliphatic heterocycles. The standard InChI is InChI=1S/C13H15FN2O4/c1-16(2)11(17)8-20-12(18)7-15-13(19)9-3-5-10(14)6-4-9/h3-6H,7-8H2,1-2H3,(H,15,19). The normalized spacial score (nSPS) is 9.75. The van der Waals surface area contributed by atoms with Crippen LogP contribution in [0.5, 0.6) is 0 Å². The molecule has 0 bridgehead atoms. The third-order valence-electron chi connectivity index (χ3n) is 2.36. The van der Waals surface area contributed by atoms with Crippen LogP contribution in [0.25, 0.3) is 0 Å². The molecule has 0 radical (unpaired) electrons. The first kappa shape index (κ1) is 15.6. The van der Waals surface area contributed by atoms with E-state index in [0.29, 0.717) is 0 Å². The SMILES string of the molecule is CN(C)C(=O)COC(=O)CNC(=O)c1ccc(F)cc1. The summed E-state index contributed by atoms with van der Waals surface area (Å²) < 4.78 is 17.3. The van der Waals surface area contributed by atoms with Crippen LogP contribution in [0.15, 0.2) is 24.3 Å². The van der Waals surface area contributed by atoms with Crippen LogP contribution >= 0.6 is 0 Å². The van der Waals surface area contributed by atoms with Crippen LogP contribution in [0.3, 0.4) is 0 Å².